The minimum atomic E-state index is -0.813. The van der Waals surface area contributed by atoms with Gasteiger partial charge in [0.15, 0.2) is 11.6 Å². The van der Waals surface area contributed by atoms with Gasteiger partial charge in [0.2, 0.25) is 0 Å². The number of rotatable bonds is 5. The minimum Gasteiger partial charge on any atom is -0.370 e. The van der Waals surface area contributed by atoms with Gasteiger partial charge < -0.3 is 10.1 Å². The van der Waals surface area contributed by atoms with Gasteiger partial charge in [-0.2, -0.15) is 5.10 Å². The third kappa shape index (κ3) is 4.48. The lowest BCUT2D eigenvalue weighted by Crippen LogP contribution is -2.45. The highest BCUT2D eigenvalue weighted by Gasteiger charge is 2.42. The van der Waals surface area contributed by atoms with Gasteiger partial charge in [-0.05, 0) is 49.4 Å². The van der Waals surface area contributed by atoms with Gasteiger partial charge in [-0.1, -0.05) is 6.07 Å². The molecule has 6 nitrogen and oxygen atoms in total. The van der Waals surface area contributed by atoms with Gasteiger partial charge in [-0.3, -0.25) is 14.4 Å². The van der Waals surface area contributed by atoms with Gasteiger partial charge in [0.05, 0.1) is 11.7 Å². The van der Waals surface area contributed by atoms with Gasteiger partial charge in [-0.25, -0.2) is 8.78 Å². The van der Waals surface area contributed by atoms with Crippen LogP contribution in [0.15, 0.2) is 30.5 Å². The van der Waals surface area contributed by atoms with E-state index >= 15 is 0 Å². The average molecular weight is 404 g/mol. The molecule has 156 valence electrons. The Balaban J connectivity index is 1.24. The molecule has 4 rings (SSSR count). The molecule has 2 aliphatic heterocycles. The van der Waals surface area contributed by atoms with E-state index in [0.717, 1.165) is 44.3 Å². The van der Waals surface area contributed by atoms with Crippen molar-refractivity contribution < 1.29 is 18.3 Å². The number of nitrogens with one attached hydrogen (secondary N) is 1. The quantitative estimate of drug-likeness (QED) is 0.833. The Morgan fingerprint density at radius 2 is 2.03 bits per heavy atom. The van der Waals surface area contributed by atoms with Gasteiger partial charge in [0, 0.05) is 39.4 Å². The molecule has 2 fully saturated rings. The molecule has 3 heterocycles. The molecule has 1 aromatic heterocycles. The van der Waals surface area contributed by atoms with Gasteiger partial charge in [0.25, 0.3) is 5.91 Å². The molecule has 1 aromatic carbocycles. The zero-order chi connectivity index (χ0) is 20.4. The fourth-order valence-electron chi connectivity index (χ4n) is 4.32. The number of carbonyl (C=O) groups is 1. The van der Waals surface area contributed by atoms with Crippen LogP contribution in [0, 0.1) is 11.6 Å². The number of aromatic nitrogens is 2. The van der Waals surface area contributed by atoms with Crippen LogP contribution < -0.4 is 5.32 Å². The Kier molecular flexibility index (Phi) is 5.65. The summed E-state index contributed by atoms with van der Waals surface area (Å²) in [7, 11) is 1.74. The number of amides is 1. The number of hydrogen-bond acceptors (Lipinski definition) is 4. The van der Waals surface area contributed by atoms with Gasteiger partial charge in [0.1, 0.15) is 5.69 Å². The molecule has 1 atom stereocenters. The third-order valence-corrected chi connectivity index (χ3v) is 6.04. The van der Waals surface area contributed by atoms with Gasteiger partial charge in [-0.15, -0.1) is 0 Å². The summed E-state index contributed by atoms with van der Waals surface area (Å²) in [6.45, 7) is 2.81. The lowest BCUT2D eigenvalue weighted by Gasteiger charge is -2.39. The molecule has 0 radical (unpaired) electrons. The summed E-state index contributed by atoms with van der Waals surface area (Å²) in [6.07, 6.45) is 5.34. The normalized spacial score (nSPS) is 21.6. The Labute approximate surface area is 168 Å². The molecule has 2 aliphatic rings. The molecule has 1 N–H and O–H groups in total. The molecule has 0 saturated carbocycles. The van der Waals surface area contributed by atoms with Gasteiger partial charge >= 0.3 is 0 Å². The van der Waals surface area contributed by atoms with Crippen LogP contribution in [0.5, 0.6) is 0 Å². The number of benzene rings is 1. The molecule has 8 heteroatoms. The van der Waals surface area contributed by atoms with Crippen LogP contribution in [0.3, 0.4) is 0 Å². The van der Waals surface area contributed by atoms with Crippen molar-refractivity contribution >= 4 is 5.91 Å². The number of hydrogen-bond donors (Lipinski definition) is 1. The second-order valence-electron chi connectivity index (χ2n) is 8.04. The number of ether oxygens (including phenoxy) is 1. The molecular formula is C21H26F2N4O2. The molecule has 0 unspecified atom stereocenters. The van der Waals surface area contributed by atoms with Crippen LogP contribution >= 0.6 is 0 Å². The Hall–Kier alpha value is -2.32. The standard InChI is InChI=1S/C21H26F2N4O2/c1-26-19(5-9-25-26)20(28)24-13-16-4-6-21(29-16)7-10-27(11-8-21)14-15-2-3-17(22)18(23)12-15/h2-3,5,9,12,16H,4,6-8,10-11,13-14H2,1H3,(H,24,28)/t16-/m1/s1. The fourth-order valence-corrected chi connectivity index (χ4v) is 4.32. The van der Waals surface area contributed by atoms with Crippen molar-refractivity contribution in [1.82, 2.24) is 20.0 Å². The largest absolute Gasteiger partial charge is 0.370 e. The molecule has 1 spiro atoms. The lowest BCUT2D eigenvalue weighted by atomic mass is 9.88. The number of piperidine rings is 1. The first-order chi connectivity index (χ1) is 13.9. The van der Waals surface area contributed by atoms with Crippen LogP contribution in [0.4, 0.5) is 8.78 Å². The summed E-state index contributed by atoms with van der Waals surface area (Å²) in [4.78, 5) is 14.5. The third-order valence-electron chi connectivity index (χ3n) is 6.04. The summed E-state index contributed by atoms with van der Waals surface area (Å²) in [6, 6.07) is 5.78. The number of carbonyl (C=O) groups excluding carboxylic acids is 1. The van der Waals surface area contributed by atoms with Crippen LogP contribution in [0.1, 0.15) is 41.7 Å². The molecular weight excluding hydrogens is 378 g/mol. The second-order valence-corrected chi connectivity index (χ2v) is 8.04. The maximum Gasteiger partial charge on any atom is 0.269 e. The Bertz CT molecular complexity index is 877. The van der Waals surface area contributed by atoms with Crippen LogP contribution in [-0.4, -0.2) is 51.9 Å². The second kappa shape index (κ2) is 8.20. The summed E-state index contributed by atoms with van der Waals surface area (Å²) in [5.41, 5.74) is 1.18. The van der Waals surface area contributed by atoms with E-state index < -0.39 is 11.6 Å². The topological polar surface area (TPSA) is 59.4 Å². The average Bonchev–Trinajstić information content (AvgIpc) is 3.31. The SMILES string of the molecule is Cn1nccc1C(=O)NC[C@H]1CCC2(CCN(Cc3ccc(F)c(F)c3)CC2)O1. The first kappa shape index (κ1) is 20.0. The van der Waals surface area contributed by atoms with E-state index in [0.29, 0.717) is 18.8 Å². The van der Waals surface area contributed by atoms with E-state index in [9.17, 15) is 13.6 Å². The smallest absolute Gasteiger partial charge is 0.269 e. The highest BCUT2D eigenvalue weighted by atomic mass is 19.2. The zero-order valence-corrected chi connectivity index (χ0v) is 16.5. The van der Waals surface area contributed by atoms with Crippen molar-refractivity contribution in [2.45, 2.75) is 43.9 Å². The molecule has 2 aromatic rings. The number of halogens is 2. The van der Waals surface area contributed by atoms with Crippen molar-refractivity contribution in [2.75, 3.05) is 19.6 Å². The fraction of sp³-hybridized carbons (Fsp3) is 0.524. The maximum atomic E-state index is 13.4. The molecule has 0 bridgehead atoms. The van der Waals surface area contributed by atoms with Crippen molar-refractivity contribution in [3.8, 4) is 0 Å². The molecule has 29 heavy (non-hydrogen) atoms. The van der Waals surface area contributed by atoms with E-state index in [-0.39, 0.29) is 17.6 Å². The predicted octanol–water partition coefficient (Wildman–Crippen LogP) is 2.64. The van der Waals surface area contributed by atoms with Crippen molar-refractivity contribution in [3.05, 3.63) is 53.4 Å². The Morgan fingerprint density at radius 3 is 2.72 bits per heavy atom. The monoisotopic (exact) mass is 404 g/mol. The van der Waals surface area contributed by atoms with Crippen LogP contribution in [-0.2, 0) is 18.3 Å². The zero-order valence-electron chi connectivity index (χ0n) is 16.5. The minimum absolute atomic E-state index is 0.0184. The van der Waals surface area contributed by atoms with Crippen molar-refractivity contribution in [3.63, 3.8) is 0 Å². The summed E-state index contributed by atoms with van der Waals surface area (Å²) < 4.78 is 34.4. The van der Waals surface area contributed by atoms with E-state index in [1.807, 2.05) is 0 Å². The maximum absolute atomic E-state index is 13.4. The highest BCUT2D eigenvalue weighted by molar-refractivity contribution is 5.92. The predicted molar refractivity (Wildman–Crippen MR) is 103 cm³/mol. The summed E-state index contributed by atoms with van der Waals surface area (Å²) in [5.74, 6) is -1.76. The van der Waals surface area contributed by atoms with Crippen molar-refractivity contribution in [1.29, 1.82) is 0 Å². The van der Waals surface area contributed by atoms with Crippen molar-refractivity contribution in [2.24, 2.45) is 7.05 Å². The first-order valence-electron chi connectivity index (χ1n) is 10.0. The summed E-state index contributed by atoms with van der Waals surface area (Å²) in [5, 5.41) is 6.95. The molecule has 2 saturated heterocycles. The van der Waals surface area contributed by atoms with Crippen LogP contribution in [0.2, 0.25) is 0 Å². The summed E-state index contributed by atoms with van der Waals surface area (Å²) >= 11 is 0. The first-order valence-corrected chi connectivity index (χ1v) is 10.0. The van der Waals surface area contributed by atoms with E-state index in [1.165, 1.54) is 12.1 Å². The van der Waals surface area contributed by atoms with E-state index in [2.05, 4.69) is 15.3 Å². The number of nitrogens with zero attached hydrogens (tertiary/aromatic N) is 3. The Morgan fingerprint density at radius 1 is 1.24 bits per heavy atom. The molecule has 0 aliphatic carbocycles. The molecule has 1 amide bonds. The number of aryl methyl sites for hydroxylation is 1. The van der Waals surface area contributed by atoms with E-state index in [1.54, 1.807) is 30.1 Å². The number of likely N-dealkylation sites (tertiary alicyclic amines) is 1. The highest BCUT2D eigenvalue weighted by Crippen LogP contribution is 2.39. The lowest BCUT2D eigenvalue weighted by molar-refractivity contribution is -0.0764. The van der Waals surface area contributed by atoms with Crippen LogP contribution in [0.25, 0.3) is 0 Å². The van der Waals surface area contributed by atoms with E-state index in [4.69, 9.17) is 4.74 Å².